The van der Waals surface area contributed by atoms with Crippen LogP contribution in [0.15, 0.2) is 39.8 Å². The molecule has 122 valence electrons. The van der Waals surface area contributed by atoms with Gasteiger partial charge in [-0.05, 0) is 61.6 Å². The number of aromatic nitrogens is 1. The molecule has 1 aromatic heterocycles. The Morgan fingerprint density at radius 1 is 1.17 bits per heavy atom. The quantitative estimate of drug-likeness (QED) is 0.927. The lowest BCUT2D eigenvalue weighted by Crippen LogP contribution is -2.14. The summed E-state index contributed by atoms with van der Waals surface area (Å²) in [5, 5.41) is 3.67. The molecule has 3 unspecified atom stereocenters. The first-order valence-corrected chi connectivity index (χ1v) is 9.56. The van der Waals surface area contributed by atoms with Crippen LogP contribution in [0.2, 0.25) is 0 Å². The smallest absolute Gasteiger partial charge is 0.263 e. The molecule has 1 N–H and O–H groups in total. The van der Waals surface area contributed by atoms with Gasteiger partial charge in [0.05, 0.1) is 4.90 Å². The predicted molar refractivity (Wildman–Crippen MR) is 86.7 cm³/mol. The van der Waals surface area contributed by atoms with Gasteiger partial charge in [0.2, 0.25) is 0 Å². The van der Waals surface area contributed by atoms with E-state index in [0.29, 0.717) is 11.7 Å². The second-order valence-electron chi connectivity index (χ2n) is 6.78. The van der Waals surface area contributed by atoms with E-state index < -0.39 is 10.0 Å². The molecule has 2 fully saturated rings. The lowest BCUT2D eigenvalue weighted by molar-refractivity contribution is 0.400. The Kier molecular flexibility index (Phi) is 3.44. The molecule has 2 aliphatic carbocycles. The number of hydrogen-bond donors (Lipinski definition) is 1. The van der Waals surface area contributed by atoms with Crippen molar-refractivity contribution in [2.45, 2.75) is 43.4 Å². The Balaban J connectivity index is 1.53. The number of aryl methyl sites for hydroxylation is 1. The van der Waals surface area contributed by atoms with Gasteiger partial charge in [-0.25, -0.2) is 8.42 Å². The highest BCUT2D eigenvalue weighted by Crippen LogP contribution is 2.52. The van der Waals surface area contributed by atoms with Crippen molar-refractivity contribution in [1.82, 2.24) is 5.16 Å². The molecule has 2 aliphatic rings. The second kappa shape index (κ2) is 5.37. The molecule has 0 radical (unpaired) electrons. The summed E-state index contributed by atoms with van der Waals surface area (Å²) in [6, 6.07) is 8.87. The van der Waals surface area contributed by atoms with E-state index in [1.54, 1.807) is 25.1 Å². The molecule has 4 rings (SSSR count). The molecule has 23 heavy (non-hydrogen) atoms. The monoisotopic (exact) mass is 332 g/mol. The van der Waals surface area contributed by atoms with Gasteiger partial charge in [0.15, 0.2) is 5.82 Å². The minimum Gasteiger partial charge on any atom is -0.360 e. The molecule has 2 saturated carbocycles. The maximum Gasteiger partial charge on any atom is 0.263 e. The Bertz CT molecular complexity index is 811. The highest BCUT2D eigenvalue weighted by molar-refractivity contribution is 7.92. The van der Waals surface area contributed by atoms with Gasteiger partial charge in [-0.2, -0.15) is 0 Å². The van der Waals surface area contributed by atoms with Crippen LogP contribution in [0.3, 0.4) is 0 Å². The molecule has 0 saturated heterocycles. The van der Waals surface area contributed by atoms with Gasteiger partial charge in [-0.1, -0.05) is 23.7 Å². The number of nitrogens with zero attached hydrogens (tertiary/aromatic N) is 1. The third-order valence-corrected chi connectivity index (χ3v) is 6.59. The fraction of sp³-hybridized carbons (Fsp3) is 0.471. The fourth-order valence-corrected chi connectivity index (χ4v) is 5.14. The molecule has 0 amide bonds. The minimum atomic E-state index is -3.62. The zero-order valence-electron chi connectivity index (χ0n) is 13.0. The van der Waals surface area contributed by atoms with Crippen LogP contribution in [0.5, 0.6) is 0 Å². The minimum absolute atomic E-state index is 0.208. The summed E-state index contributed by atoms with van der Waals surface area (Å²) in [6.07, 6.45) is 5.29. The summed E-state index contributed by atoms with van der Waals surface area (Å²) in [6.45, 7) is 1.72. The number of benzene rings is 1. The van der Waals surface area contributed by atoms with Gasteiger partial charge in [-0.15, -0.1) is 0 Å². The summed E-state index contributed by atoms with van der Waals surface area (Å²) in [4.78, 5) is 0.255. The number of nitrogens with one attached hydrogen (secondary N) is 1. The van der Waals surface area contributed by atoms with Gasteiger partial charge < -0.3 is 4.52 Å². The summed E-state index contributed by atoms with van der Waals surface area (Å²) < 4.78 is 32.1. The summed E-state index contributed by atoms with van der Waals surface area (Å²) in [5.74, 6) is 3.05. The lowest BCUT2D eigenvalue weighted by atomic mass is 9.83. The van der Waals surface area contributed by atoms with E-state index in [4.69, 9.17) is 4.52 Å². The Morgan fingerprint density at radius 3 is 2.52 bits per heavy atom. The van der Waals surface area contributed by atoms with E-state index in [2.05, 4.69) is 9.88 Å². The number of sulfonamides is 1. The van der Waals surface area contributed by atoms with E-state index in [1.807, 2.05) is 12.1 Å². The summed E-state index contributed by atoms with van der Waals surface area (Å²) in [5.41, 5.74) is 1.27. The number of anilines is 1. The first kappa shape index (κ1) is 14.8. The highest BCUT2D eigenvalue weighted by atomic mass is 32.2. The van der Waals surface area contributed by atoms with E-state index in [9.17, 15) is 8.42 Å². The Morgan fingerprint density at radius 2 is 1.96 bits per heavy atom. The maximum absolute atomic E-state index is 12.4. The van der Waals surface area contributed by atoms with Crippen LogP contribution < -0.4 is 4.72 Å². The normalized spacial score (nSPS) is 26.6. The average molecular weight is 332 g/mol. The molecule has 1 aromatic carbocycles. The number of hydrogen-bond acceptors (Lipinski definition) is 4. The molecule has 6 heteroatoms. The summed E-state index contributed by atoms with van der Waals surface area (Å²) in [7, 11) is -3.62. The third kappa shape index (κ3) is 2.76. The van der Waals surface area contributed by atoms with Gasteiger partial charge >= 0.3 is 0 Å². The Labute approximate surface area is 136 Å². The highest BCUT2D eigenvalue weighted by Gasteiger charge is 2.40. The molecule has 2 bridgehead atoms. The average Bonchev–Trinajstić information content (AvgIpc) is 3.24. The first-order valence-electron chi connectivity index (χ1n) is 8.07. The van der Waals surface area contributed by atoms with Crippen molar-refractivity contribution in [3.63, 3.8) is 0 Å². The van der Waals surface area contributed by atoms with Crippen LogP contribution in [0.4, 0.5) is 5.82 Å². The third-order valence-electron chi connectivity index (χ3n) is 5.22. The maximum atomic E-state index is 12.4. The summed E-state index contributed by atoms with van der Waals surface area (Å²) >= 11 is 0. The van der Waals surface area contributed by atoms with Gasteiger partial charge in [0.1, 0.15) is 5.76 Å². The van der Waals surface area contributed by atoms with Gasteiger partial charge in [-0.3, -0.25) is 4.72 Å². The van der Waals surface area contributed by atoms with Crippen LogP contribution in [0, 0.1) is 18.8 Å². The molecule has 1 heterocycles. The Hall–Kier alpha value is -1.82. The SMILES string of the molecule is Cc1cc(NS(=O)(=O)c2ccc(C3CC4CCC3C4)cc2)no1. The van der Waals surface area contributed by atoms with E-state index in [1.165, 1.54) is 31.2 Å². The molecule has 0 aliphatic heterocycles. The largest absolute Gasteiger partial charge is 0.360 e. The van der Waals surface area contributed by atoms with E-state index >= 15 is 0 Å². The number of rotatable bonds is 4. The van der Waals surface area contributed by atoms with E-state index in [-0.39, 0.29) is 10.7 Å². The van der Waals surface area contributed by atoms with Crippen LogP contribution >= 0.6 is 0 Å². The van der Waals surface area contributed by atoms with Gasteiger partial charge in [0, 0.05) is 6.07 Å². The second-order valence-corrected chi connectivity index (χ2v) is 8.46. The zero-order chi connectivity index (χ0) is 16.0. The number of fused-ring (bicyclic) bond motifs is 2. The van der Waals surface area contributed by atoms with Crippen molar-refractivity contribution in [3.05, 3.63) is 41.7 Å². The van der Waals surface area contributed by atoms with Crippen LogP contribution in [-0.4, -0.2) is 13.6 Å². The lowest BCUT2D eigenvalue weighted by Gasteiger charge is -2.22. The standard InChI is InChI=1S/C17H20N2O3S/c1-11-8-17(18-22-11)19-23(20,21)15-6-4-13(5-7-15)16-10-12-2-3-14(16)9-12/h4-8,12,14,16H,2-3,9-10H2,1H3,(H,18,19). The van der Waals surface area contributed by atoms with Crippen molar-refractivity contribution in [2.24, 2.45) is 11.8 Å². The van der Waals surface area contributed by atoms with Crippen molar-refractivity contribution in [3.8, 4) is 0 Å². The van der Waals surface area contributed by atoms with Crippen LogP contribution in [0.1, 0.15) is 42.9 Å². The van der Waals surface area contributed by atoms with Crippen LogP contribution in [0.25, 0.3) is 0 Å². The predicted octanol–water partition coefficient (Wildman–Crippen LogP) is 3.69. The molecule has 0 spiro atoms. The molecule has 3 atom stereocenters. The molecular weight excluding hydrogens is 312 g/mol. The molecular formula is C17H20N2O3S. The zero-order valence-corrected chi connectivity index (χ0v) is 13.8. The van der Waals surface area contributed by atoms with Crippen molar-refractivity contribution in [2.75, 3.05) is 4.72 Å². The van der Waals surface area contributed by atoms with Crippen molar-refractivity contribution >= 4 is 15.8 Å². The first-order chi connectivity index (χ1) is 11.0. The molecule has 5 nitrogen and oxygen atoms in total. The topological polar surface area (TPSA) is 72.2 Å². The van der Waals surface area contributed by atoms with Crippen LogP contribution in [-0.2, 0) is 10.0 Å². The molecule has 2 aromatic rings. The van der Waals surface area contributed by atoms with E-state index in [0.717, 1.165) is 11.8 Å². The van der Waals surface area contributed by atoms with Crippen molar-refractivity contribution < 1.29 is 12.9 Å². The van der Waals surface area contributed by atoms with Gasteiger partial charge in [0.25, 0.3) is 10.0 Å². The fourth-order valence-electron chi connectivity index (χ4n) is 4.16. The van der Waals surface area contributed by atoms with Crippen molar-refractivity contribution in [1.29, 1.82) is 0 Å².